The molecule has 1 heterocycles. The lowest BCUT2D eigenvalue weighted by Gasteiger charge is -2.30. The Labute approximate surface area is 319 Å². The van der Waals surface area contributed by atoms with Gasteiger partial charge in [0.25, 0.3) is 0 Å². The summed E-state index contributed by atoms with van der Waals surface area (Å²) in [6, 6.07) is 77.1. The van der Waals surface area contributed by atoms with Crippen molar-refractivity contribution in [3.63, 3.8) is 0 Å². The first kappa shape index (κ1) is 32.0. The van der Waals surface area contributed by atoms with Crippen LogP contribution in [0.2, 0.25) is 0 Å². The molecule has 0 aliphatic rings. The molecule has 0 unspecified atom stereocenters. The van der Waals surface area contributed by atoms with Crippen molar-refractivity contribution in [3.8, 4) is 44.5 Å². The first-order valence-electron chi connectivity index (χ1n) is 18.4. The van der Waals surface area contributed by atoms with Gasteiger partial charge in [0.05, 0.1) is 11.4 Å². The maximum Gasteiger partial charge on any atom is 0.0540 e. The Morgan fingerprint density at radius 3 is 1.70 bits per heavy atom. The van der Waals surface area contributed by atoms with E-state index in [1.54, 1.807) is 0 Å². The topological polar surface area (TPSA) is 3.24 Å². The van der Waals surface area contributed by atoms with Crippen molar-refractivity contribution in [2.45, 2.75) is 0 Å². The molecule has 1 aromatic heterocycles. The molecule has 0 N–H and O–H groups in total. The smallest absolute Gasteiger partial charge is 0.0540 e. The van der Waals surface area contributed by atoms with Crippen LogP contribution in [0.25, 0.3) is 75.5 Å². The van der Waals surface area contributed by atoms with Crippen molar-refractivity contribution in [3.05, 3.63) is 212 Å². The van der Waals surface area contributed by atoms with E-state index < -0.39 is 0 Å². The van der Waals surface area contributed by atoms with E-state index in [1.165, 1.54) is 75.5 Å². The van der Waals surface area contributed by atoms with Crippen LogP contribution in [0.5, 0.6) is 0 Å². The van der Waals surface area contributed by atoms with Crippen molar-refractivity contribution in [1.29, 1.82) is 0 Å². The molecule has 0 radical (unpaired) electrons. The van der Waals surface area contributed by atoms with Gasteiger partial charge in [-0.15, -0.1) is 11.3 Å². The molecular weight excluding hydrogens is 671 g/mol. The molecule has 54 heavy (non-hydrogen) atoms. The van der Waals surface area contributed by atoms with Gasteiger partial charge in [-0.25, -0.2) is 0 Å². The van der Waals surface area contributed by atoms with Gasteiger partial charge >= 0.3 is 0 Å². The average Bonchev–Trinajstić information content (AvgIpc) is 3.64. The summed E-state index contributed by atoms with van der Waals surface area (Å²) in [7, 11) is 0. The van der Waals surface area contributed by atoms with Gasteiger partial charge in [0.1, 0.15) is 0 Å². The predicted molar refractivity (Wildman–Crippen MR) is 233 cm³/mol. The van der Waals surface area contributed by atoms with Crippen molar-refractivity contribution in [2.75, 3.05) is 4.90 Å². The summed E-state index contributed by atoms with van der Waals surface area (Å²) in [4.78, 5) is 2.46. The summed E-state index contributed by atoms with van der Waals surface area (Å²) < 4.78 is 2.61. The zero-order valence-electron chi connectivity index (χ0n) is 29.6. The Morgan fingerprint density at radius 1 is 0.315 bits per heavy atom. The Morgan fingerprint density at radius 2 is 0.852 bits per heavy atom. The summed E-state index contributed by atoms with van der Waals surface area (Å²) in [5.74, 6) is 0. The molecule has 1 nitrogen and oxygen atoms in total. The molecule has 0 saturated carbocycles. The number of thiophene rings is 1. The van der Waals surface area contributed by atoms with E-state index in [2.05, 4.69) is 217 Å². The highest BCUT2D eigenvalue weighted by Gasteiger charge is 2.22. The number of fused-ring (bicyclic) bond motifs is 4. The van der Waals surface area contributed by atoms with Gasteiger partial charge < -0.3 is 4.90 Å². The second-order valence-electron chi connectivity index (χ2n) is 13.7. The molecule has 0 fully saturated rings. The van der Waals surface area contributed by atoms with Crippen LogP contribution in [0.15, 0.2) is 212 Å². The molecule has 0 atom stereocenters. The van der Waals surface area contributed by atoms with Crippen molar-refractivity contribution in [1.82, 2.24) is 0 Å². The molecule has 0 saturated heterocycles. The zero-order chi connectivity index (χ0) is 35.8. The molecule has 0 aliphatic carbocycles. The molecule has 9 aromatic carbocycles. The van der Waals surface area contributed by atoms with Crippen LogP contribution in [0.3, 0.4) is 0 Å². The van der Waals surface area contributed by atoms with Gasteiger partial charge in [-0.2, -0.15) is 0 Å². The lowest BCUT2D eigenvalue weighted by atomic mass is 9.95. The molecule has 254 valence electrons. The predicted octanol–water partition coefficient (Wildman–Crippen LogP) is 15.3. The van der Waals surface area contributed by atoms with Crippen LogP contribution in [0.1, 0.15) is 0 Å². The zero-order valence-corrected chi connectivity index (χ0v) is 30.4. The van der Waals surface area contributed by atoms with Crippen LogP contribution in [-0.4, -0.2) is 0 Å². The van der Waals surface area contributed by atoms with Crippen LogP contribution in [0.4, 0.5) is 17.1 Å². The average molecular weight is 706 g/mol. The minimum Gasteiger partial charge on any atom is -0.309 e. The SMILES string of the molecule is c1ccc(-c2ccccc2N(c2cccc(-c3ccc(-c4cccc5ccccc45)cc3)c2)c2ccccc2-c2cccc3sc4ccccc4c23)cc1. The summed E-state index contributed by atoms with van der Waals surface area (Å²) in [5.41, 5.74) is 13.0. The monoisotopic (exact) mass is 705 g/mol. The van der Waals surface area contributed by atoms with Crippen LogP contribution in [0, 0.1) is 0 Å². The highest BCUT2D eigenvalue weighted by molar-refractivity contribution is 7.25. The summed E-state index contributed by atoms with van der Waals surface area (Å²) in [5, 5.41) is 5.13. The fraction of sp³-hybridized carbons (Fsp3) is 0. The number of hydrogen-bond acceptors (Lipinski definition) is 2. The minimum absolute atomic E-state index is 1.10. The largest absolute Gasteiger partial charge is 0.309 e. The van der Waals surface area contributed by atoms with Crippen LogP contribution >= 0.6 is 11.3 Å². The highest BCUT2D eigenvalue weighted by atomic mass is 32.1. The van der Waals surface area contributed by atoms with Gasteiger partial charge in [0, 0.05) is 37.0 Å². The molecule has 10 aromatic rings. The normalized spacial score (nSPS) is 11.3. The first-order chi connectivity index (χ1) is 26.8. The number of nitrogens with zero attached hydrogens (tertiary/aromatic N) is 1. The van der Waals surface area contributed by atoms with E-state index in [-0.39, 0.29) is 0 Å². The Kier molecular flexibility index (Phi) is 8.09. The molecule has 2 heteroatoms. The lowest BCUT2D eigenvalue weighted by molar-refractivity contribution is 1.28. The molecule has 0 aliphatic heterocycles. The third-order valence-corrected chi connectivity index (χ3v) is 11.6. The van der Waals surface area contributed by atoms with E-state index in [1.807, 2.05) is 11.3 Å². The minimum atomic E-state index is 1.10. The van der Waals surface area contributed by atoms with Gasteiger partial charge in [0.2, 0.25) is 0 Å². The number of rotatable bonds is 7. The summed E-state index contributed by atoms with van der Waals surface area (Å²) in [6.07, 6.45) is 0. The number of hydrogen-bond donors (Lipinski definition) is 0. The fourth-order valence-corrected chi connectivity index (χ4v) is 9.11. The van der Waals surface area contributed by atoms with E-state index in [0.717, 1.165) is 17.1 Å². The van der Waals surface area contributed by atoms with Gasteiger partial charge in [0.15, 0.2) is 0 Å². The molecule has 0 spiro atoms. The first-order valence-corrected chi connectivity index (χ1v) is 19.2. The second kappa shape index (κ2) is 13.7. The number of anilines is 3. The number of benzene rings is 9. The maximum atomic E-state index is 2.46. The van der Waals surface area contributed by atoms with Crippen molar-refractivity contribution in [2.24, 2.45) is 0 Å². The van der Waals surface area contributed by atoms with Gasteiger partial charge in [-0.05, 0) is 80.6 Å². The van der Waals surface area contributed by atoms with Crippen molar-refractivity contribution < 1.29 is 0 Å². The third-order valence-electron chi connectivity index (χ3n) is 10.5. The quantitative estimate of drug-likeness (QED) is 0.160. The molecule has 0 amide bonds. The fourth-order valence-electron chi connectivity index (χ4n) is 7.98. The molecule has 0 bridgehead atoms. The molecular formula is C52H35NS. The Bertz CT molecular complexity index is 2930. The van der Waals surface area contributed by atoms with E-state index in [9.17, 15) is 0 Å². The Hall–Kier alpha value is -6.74. The summed E-state index contributed by atoms with van der Waals surface area (Å²) >= 11 is 1.86. The maximum absolute atomic E-state index is 2.46. The van der Waals surface area contributed by atoms with Crippen LogP contribution in [-0.2, 0) is 0 Å². The van der Waals surface area contributed by atoms with Gasteiger partial charge in [-0.3, -0.25) is 0 Å². The van der Waals surface area contributed by atoms with E-state index in [4.69, 9.17) is 0 Å². The lowest BCUT2D eigenvalue weighted by Crippen LogP contribution is -2.12. The summed E-state index contributed by atoms with van der Waals surface area (Å²) in [6.45, 7) is 0. The van der Waals surface area contributed by atoms with E-state index >= 15 is 0 Å². The molecule has 10 rings (SSSR count). The second-order valence-corrected chi connectivity index (χ2v) is 14.8. The van der Waals surface area contributed by atoms with E-state index in [0.29, 0.717) is 0 Å². The highest BCUT2D eigenvalue weighted by Crippen LogP contribution is 2.48. The Balaban J connectivity index is 1.15. The van der Waals surface area contributed by atoms with Crippen molar-refractivity contribution >= 4 is 59.3 Å². The standard InChI is InChI=1S/C52H35NS/c1-2-15-38(16-3-1)44-22-6-9-27-48(44)53(49-28-10-7-23-45(49)46-26-14-30-51-52(46)47-24-8-11-29-50(47)54-51)41-20-12-19-40(35-41)36-31-33-39(34-32-36)43-25-13-18-37-17-4-5-21-42(37)43/h1-35H. The third kappa shape index (κ3) is 5.65. The number of para-hydroxylation sites is 2. The van der Waals surface area contributed by atoms with Gasteiger partial charge in [-0.1, -0.05) is 176 Å². The van der Waals surface area contributed by atoms with Crippen LogP contribution < -0.4 is 4.90 Å².